The predicted octanol–water partition coefficient (Wildman–Crippen LogP) is 1.61. The van der Waals surface area contributed by atoms with Crippen LogP contribution in [0.1, 0.15) is 31.2 Å². The van der Waals surface area contributed by atoms with Crippen molar-refractivity contribution in [1.82, 2.24) is 4.98 Å². The largest absolute Gasteiger partial charge is 0.481 e. The SMILES string of the molecule is COc1ncccc1C1(C2(N)CC2)CC1. The molecule has 2 saturated carbocycles. The van der Waals surface area contributed by atoms with E-state index in [1.165, 1.54) is 18.4 Å². The minimum absolute atomic E-state index is 0.0311. The van der Waals surface area contributed by atoms with Crippen LogP contribution in [-0.4, -0.2) is 17.6 Å². The number of rotatable bonds is 3. The van der Waals surface area contributed by atoms with Crippen LogP contribution < -0.4 is 10.5 Å². The highest BCUT2D eigenvalue weighted by atomic mass is 16.5. The van der Waals surface area contributed by atoms with E-state index in [4.69, 9.17) is 10.5 Å². The molecule has 3 rings (SSSR count). The molecule has 0 saturated heterocycles. The molecular formula is C12H16N2O. The minimum atomic E-state index is 0.0311. The summed E-state index contributed by atoms with van der Waals surface area (Å²) in [5, 5.41) is 0. The fraction of sp³-hybridized carbons (Fsp3) is 0.583. The van der Waals surface area contributed by atoms with Crippen LogP contribution in [0.3, 0.4) is 0 Å². The molecule has 2 N–H and O–H groups in total. The van der Waals surface area contributed by atoms with E-state index >= 15 is 0 Å². The molecule has 0 aromatic carbocycles. The van der Waals surface area contributed by atoms with Gasteiger partial charge in [0.25, 0.3) is 0 Å². The Hall–Kier alpha value is -1.09. The molecule has 0 bridgehead atoms. The first-order chi connectivity index (χ1) is 7.22. The Labute approximate surface area is 89.6 Å². The Morgan fingerprint density at radius 2 is 2.07 bits per heavy atom. The highest BCUT2D eigenvalue weighted by molar-refractivity contribution is 5.45. The summed E-state index contributed by atoms with van der Waals surface area (Å²) in [7, 11) is 1.68. The van der Waals surface area contributed by atoms with Crippen LogP contribution in [0.2, 0.25) is 0 Å². The summed E-state index contributed by atoms with van der Waals surface area (Å²) in [5.41, 5.74) is 7.78. The number of aromatic nitrogens is 1. The van der Waals surface area contributed by atoms with Gasteiger partial charge in [0.2, 0.25) is 5.88 Å². The van der Waals surface area contributed by atoms with Crippen molar-refractivity contribution in [3.63, 3.8) is 0 Å². The summed E-state index contributed by atoms with van der Waals surface area (Å²) in [6.07, 6.45) is 6.43. The number of nitrogens with zero attached hydrogens (tertiary/aromatic N) is 1. The van der Waals surface area contributed by atoms with Crippen molar-refractivity contribution in [2.24, 2.45) is 5.73 Å². The molecule has 0 aliphatic heterocycles. The molecule has 0 spiro atoms. The fourth-order valence-electron chi connectivity index (χ4n) is 2.69. The Morgan fingerprint density at radius 1 is 1.33 bits per heavy atom. The number of hydrogen-bond acceptors (Lipinski definition) is 3. The normalized spacial score (nSPS) is 24.7. The molecule has 1 heterocycles. The van der Waals surface area contributed by atoms with E-state index in [2.05, 4.69) is 11.1 Å². The lowest BCUT2D eigenvalue weighted by Crippen LogP contribution is -2.37. The third-order valence-electron chi connectivity index (χ3n) is 3.97. The zero-order valence-corrected chi connectivity index (χ0v) is 8.99. The van der Waals surface area contributed by atoms with Crippen molar-refractivity contribution >= 4 is 0 Å². The quantitative estimate of drug-likeness (QED) is 0.813. The van der Waals surface area contributed by atoms with Gasteiger partial charge in [0.15, 0.2) is 0 Å². The van der Waals surface area contributed by atoms with Crippen LogP contribution in [0.5, 0.6) is 5.88 Å². The van der Waals surface area contributed by atoms with Crippen LogP contribution in [0.25, 0.3) is 0 Å². The second-order valence-corrected chi connectivity index (χ2v) is 4.80. The van der Waals surface area contributed by atoms with Crippen molar-refractivity contribution in [2.75, 3.05) is 7.11 Å². The predicted molar refractivity (Wildman–Crippen MR) is 57.9 cm³/mol. The van der Waals surface area contributed by atoms with Gasteiger partial charge in [0.1, 0.15) is 0 Å². The fourth-order valence-corrected chi connectivity index (χ4v) is 2.69. The topological polar surface area (TPSA) is 48.1 Å². The van der Waals surface area contributed by atoms with Gasteiger partial charge in [-0.1, -0.05) is 6.07 Å². The molecule has 1 aromatic heterocycles. The first-order valence-electron chi connectivity index (χ1n) is 5.50. The number of hydrogen-bond donors (Lipinski definition) is 1. The van der Waals surface area contributed by atoms with E-state index < -0.39 is 0 Å². The van der Waals surface area contributed by atoms with E-state index in [-0.39, 0.29) is 11.0 Å². The number of nitrogens with two attached hydrogens (primary N) is 1. The molecule has 3 heteroatoms. The summed E-state index contributed by atoms with van der Waals surface area (Å²) in [6.45, 7) is 0. The van der Waals surface area contributed by atoms with Gasteiger partial charge in [0.05, 0.1) is 7.11 Å². The monoisotopic (exact) mass is 204 g/mol. The summed E-state index contributed by atoms with van der Waals surface area (Å²) in [4.78, 5) is 4.27. The average Bonchev–Trinajstić information content (AvgIpc) is 3.13. The first kappa shape index (κ1) is 9.16. The minimum Gasteiger partial charge on any atom is -0.481 e. The van der Waals surface area contributed by atoms with E-state index in [0.717, 1.165) is 18.7 Å². The van der Waals surface area contributed by atoms with E-state index in [1.54, 1.807) is 13.3 Å². The van der Waals surface area contributed by atoms with Crippen LogP contribution in [0.15, 0.2) is 18.3 Å². The third-order valence-corrected chi connectivity index (χ3v) is 3.97. The van der Waals surface area contributed by atoms with Crippen molar-refractivity contribution in [2.45, 2.75) is 36.6 Å². The molecule has 0 atom stereocenters. The van der Waals surface area contributed by atoms with Crippen molar-refractivity contribution in [3.05, 3.63) is 23.9 Å². The maximum absolute atomic E-state index is 6.36. The standard InChI is InChI=1S/C12H16N2O/c1-15-10-9(3-2-8-14-10)11(4-5-11)12(13)6-7-12/h2-3,8H,4-7,13H2,1H3. The molecule has 0 unspecified atom stereocenters. The number of pyridine rings is 1. The van der Waals surface area contributed by atoms with E-state index in [1.807, 2.05) is 6.07 Å². The highest BCUT2D eigenvalue weighted by Gasteiger charge is 2.65. The van der Waals surface area contributed by atoms with Crippen LogP contribution >= 0.6 is 0 Å². The number of ether oxygens (including phenoxy) is 1. The molecule has 2 aliphatic rings. The Balaban J connectivity index is 2.05. The van der Waals surface area contributed by atoms with Gasteiger partial charge in [-0.05, 0) is 31.7 Å². The van der Waals surface area contributed by atoms with Crippen LogP contribution in [0, 0.1) is 0 Å². The number of methoxy groups -OCH3 is 1. The summed E-state index contributed by atoms with van der Waals surface area (Å²) in [5.74, 6) is 0.756. The van der Waals surface area contributed by atoms with Gasteiger partial charge in [-0.3, -0.25) is 0 Å². The summed E-state index contributed by atoms with van der Waals surface area (Å²) >= 11 is 0. The average molecular weight is 204 g/mol. The molecule has 80 valence electrons. The summed E-state index contributed by atoms with van der Waals surface area (Å²) in [6, 6.07) is 4.09. The maximum atomic E-state index is 6.36. The van der Waals surface area contributed by atoms with Crippen molar-refractivity contribution < 1.29 is 4.74 Å². The van der Waals surface area contributed by atoms with Crippen molar-refractivity contribution in [1.29, 1.82) is 0 Å². The zero-order chi connectivity index (χ0) is 10.5. The van der Waals surface area contributed by atoms with Gasteiger partial charge in [-0.15, -0.1) is 0 Å². The van der Waals surface area contributed by atoms with Gasteiger partial charge in [-0.25, -0.2) is 4.98 Å². The second-order valence-electron chi connectivity index (χ2n) is 4.80. The molecule has 3 nitrogen and oxygen atoms in total. The van der Waals surface area contributed by atoms with Crippen LogP contribution in [0.4, 0.5) is 0 Å². The Kier molecular flexibility index (Phi) is 1.67. The summed E-state index contributed by atoms with van der Waals surface area (Å²) < 4.78 is 5.33. The first-order valence-corrected chi connectivity index (χ1v) is 5.50. The van der Waals surface area contributed by atoms with Crippen LogP contribution in [-0.2, 0) is 5.41 Å². The maximum Gasteiger partial charge on any atom is 0.216 e. The lowest BCUT2D eigenvalue weighted by molar-refractivity contribution is 0.377. The zero-order valence-electron chi connectivity index (χ0n) is 8.99. The van der Waals surface area contributed by atoms with Gasteiger partial charge < -0.3 is 10.5 Å². The highest BCUT2D eigenvalue weighted by Crippen LogP contribution is 2.64. The van der Waals surface area contributed by atoms with Gasteiger partial charge in [-0.2, -0.15) is 0 Å². The second kappa shape index (κ2) is 2.73. The molecule has 15 heavy (non-hydrogen) atoms. The Morgan fingerprint density at radius 3 is 2.60 bits per heavy atom. The molecule has 2 aliphatic carbocycles. The van der Waals surface area contributed by atoms with E-state index in [9.17, 15) is 0 Å². The smallest absolute Gasteiger partial charge is 0.216 e. The Bertz CT molecular complexity index is 394. The molecule has 2 fully saturated rings. The third kappa shape index (κ3) is 1.13. The lowest BCUT2D eigenvalue weighted by atomic mass is 9.87. The van der Waals surface area contributed by atoms with Gasteiger partial charge in [0, 0.05) is 22.7 Å². The van der Waals surface area contributed by atoms with Crippen molar-refractivity contribution in [3.8, 4) is 5.88 Å². The van der Waals surface area contributed by atoms with E-state index in [0.29, 0.717) is 0 Å². The molecule has 0 radical (unpaired) electrons. The molecule has 1 aromatic rings. The molecule has 0 amide bonds. The molecular weight excluding hydrogens is 188 g/mol. The lowest BCUT2D eigenvalue weighted by Gasteiger charge is -2.24. The van der Waals surface area contributed by atoms with Gasteiger partial charge >= 0.3 is 0 Å².